The number of anilines is 1. The number of hydrogen-bond donors (Lipinski definition) is 2. The summed E-state index contributed by atoms with van der Waals surface area (Å²) in [5.74, 6) is -0.776. The molecule has 0 saturated heterocycles. The van der Waals surface area contributed by atoms with E-state index in [4.69, 9.17) is 5.11 Å². The van der Waals surface area contributed by atoms with Crippen molar-refractivity contribution >= 4 is 17.4 Å². The van der Waals surface area contributed by atoms with Gasteiger partial charge in [-0.2, -0.15) is 0 Å². The molecule has 0 aromatic heterocycles. The molecule has 0 bridgehead atoms. The summed E-state index contributed by atoms with van der Waals surface area (Å²) in [6.45, 7) is 0.602. The van der Waals surface area contributed by atoms with Gasteiger partial charge in [-0.1, -0.05) is 60.7 Å². The van der Waals surface area contributed by atoms with Crippen LogP contribution in [-0.4, -0.2) is 16.9 Å². The molecule has 4 heteroatoms. The summed E-state index contributed by atoms with van der Waals surface area (Å²) in [6, 6.07) is 24.6. The van der Waals surface area contributed by atoms with Crippen molar-refractivity contribution in [1.29, 1.82) is 0 Å². The van der Waals surface area contributed by atoms with Gasteiger partial charge in [0.15, 0.2) is 5.78 Å². The molecule has 4 nitrogen and oxygen atoms in total. The van der Waals surface area contributed by atoms with Crippen LogP contribution in [0.4, 0.5) is 5.69 Å². The van der Waals surface area contributed by atoms with Gasteiger partial charge >= 0.3 is 5.97 Å². The van der Waals surface area contributed by atoms with Gasteiger partial charge in [0.05, 0.1) is 0 Å². The predicted molar refractivity (Wildman–Crippen MR) is 106 cm³/mol. The van der Waals surface area contributed by atoms with E-state index in [1.54, 1.807) is 0 Å². The van der Waals surface area contributed by atoms with Gasteiger partial charge in [-0.25, -0.2) is 0 Å². The normalized spacial score (nSPS) is 10.4. The maximum atomic E-state index is 12.6. The highest BCUT2D eigenvalue weighted by molar-refractivity contribution is 6.09. The van der Waals surface area contributed by atoms with E-state index in [0.29, 0.717) is 24.1 Å². The van der Waals surface area contributed by atoms with Gasteiger partial charge in [0.2, 0.25) is 0 Å². The van der Waals surface area contributed by atoms with Crippen LogP contribution in [0.25, 0.3) is 0 Å². The Hall–Kier alpha value is -3.40. The maximum Gasteiger partial charge on any atom is 0.303 e. The minimum atomic E-state index is -0.790. The van der Waals surface area contributed by atoms with Crippen LogP contribution < -0.4 is 5.32 Å². The van der Waals surface area contributed by atoms with Crippen molar-refractivity contribution in [2.45, 2.75) is 19.4 Å². The Bertz CT molecular complexity index is 918. The molecular formula is C23H21NO3. The number of aryl methyl sites for hydroxylation is 1. The smallest absolute Gasteiger partial charge is 0.303 e. The topological polar surface area (TPSA) is 66.4 Å². The van der Waals surface area contributed by atoms with Gasteiger partial charge < -0.3 is 10.4 Å². The molecule has 136 valence electrons. The lowest BCUT2D eigenvalue weighted by atomic mass is 10.0. The number of ketones is 1. The summed E-state index contributed by atoms with van der Waals surface area (Å²) in [7, 11) is 0. The molecule has 0 aliphatic heterocycles. The first-order chi connectivity index (χ1) is 13.1. The number of carboxylic acids is 1. The van der Waals surface area contributed by atoms with E-state index >= 15 is 0 Å². The van der Waals surface area contributed by atoms with Crippen LogP contribution in [0.15, 0.2) is 78.9 Å². The lowest BCUT2D eigenvalue weighted by Gasteiger charge is -2.09. The lowest BCUT2D eigenvalue weighted by Crippen LogP contribution is -2.04. The number of carbonyl (C=O) groups excluding carboxylic acids is 1. The molecule has 3 aromatic rings. The second kappa shape index (κ2) is 8.81. The van der Waals surface area contributed by atoms with Gasteiger partial charge in [0, 0.05) is 29.8 Å². The molecule has 3 aromatic carbocycles. The number of aliphatic carboxylic acids is 1. The van der Waals surface area contributed by atoms with Gasteiger partial charge in [0.25, 0.3) is 0 Å². The Balaban J connectivity index is 1.61. The summed E-state index contributed by atoms with van der Waals surface area (Å²) < 4.78 is 0. The monoisotopic (exact) mass is 359 g/mol. The zero-order valence-electron chi connectivity index (χ0n) is 14.9. The van der Waals surface area contributed by atoms with Crippen molar-refractivity contribution in [2.24, 2.45) is 0 Å². The van der Waals surface area contributed by atoms with E-state index in [1.807, 2.05) is 78.9 Å². The third kappa shape index (κ3) is 5.28. The first kappa shape index (κ1) is 18.4. The average molecular weight is 359 g/mol. The van der Waals surface area contributed by atoms with Crippen molar-refractivity contribution in [3.8, 4) is 0 Å². The molecule has 0 aliphatic rings. The van der Waals surface area contributed by atoms with Crippen LogP contribution in [0.2, 0.25) is 0 Å². The lowest BCUT2D eigenvalue weighted by molar-refractivity contribution is -0.136. The molecule has 0 aliphatic carbocycles. The Kier molecular flexibility index (Phi) is 6.00. The van der Waals surface area contributed by atoms with Gasteiger partial charge in [-0.05, 0) is 35.7 Å². The van der Waals surface area contributed by atoms with Crippen LogP contribution in [0.5, 0.6) is 0 Å². The summed E-state index contributed by atoms with van der Waals surface area (Å²) in [6.07, 6.45) is 0.661. The molecule has 0 heterocycles. The molecule has 27 heavy (non-hydrogen) atoms. The van der Waals surface area contributed by atoms with Crippen LogP contribution in [0.3, 0.4) is 0 Å². The number of carbonyl (C=O) groups is 2. The number of rotatable bonds is 8. The maximum absolute atomic E-state index is 12.6. The molecule has 0 atom stereocenters. The van der Waals surface area contributed by atoms with E-state index in [-0.39, 0.29) is 12.2 Å². The highest BCUT2D eigenvalue weighted by Crippen LogP contribution is 2.15. The van der Waals surface area contributed by atoms with E-state index in [1.165, 1.54) is 0 Å². The van der Waals surface area contributed by atoms with Gasteiger partial charge in [-0.15, -0.1) is 0 Å². The van der Waals surface area contributed by atoms with Crippen LogP contribution in [-0.2, 0) is 17.8 Å². The fraction of sp³-hybridized carbons (Fsp3) is 0.130. The quantitative estimate of drug-likeness (QED) is 0.579. The predicted octanol–water partition coefficient (Wildman–Crippen LogP) is 4.55. The van der Waals surface area contributed by atoms with E-state index < -0.39 is 5.97 Å². The highest BCUT2D eigenvalue weighted by atomic mass is 16.4. The fourth-order valence-electron chi connectivity index (χ4n) is 2.82. The molecule has 0 unspecified atom stereocenters. The molecular weight excluding hydrogens is 338 g/mol. The molecule has 0 radical (unpaired) electrons. The summed E-state index contributed by atoms with van der Waals surface area (Å²) in [5.41, 5.74) is 4.32. The summed E-state index contributed by atoms with van der Waals surface area (Å²) in [5, 5.41) is 12.1. The Labute approximate surface area is 158 Å². The van der Waals surface area contributed by atoms with Crippen molar-refractivity contribution in [3.63, 3.8) is 0 Å². The Morgan fingerprint density at radius 1 is 0.778 bits per heavy atom. The third-order valence-electron chi connectivity index (χ3n) is 4.30. The molecule has 3 rings (SSSR count). The van der Waals surface area contributed by atoms with E-state index in [0.717, 1.165) is 16.8 Å². The second-order valence-electron chi connectivity index (χ2n) is 6.34. The number of benzene rings is 3. The van der Waals surface area contributed by atoms with Crippen molar-refractivity contribution in [2.75, 3.05) is 5.32 Å². The summed E-state index contributed by atoms with van der Waals surface area (Å²) >= 11 is 0. The molecule has 0 saturated carbocycles. The first-order valence-electron chi connectivity index (χ1n) is 8.85. The fourth-order valence-corrected chi connectivity index (χ4v) is 2.82. The van der Waals surface area contributed by atoms with Crippen molar-refractivity contribution < 1.29 is 14.7 Å². The Morgan fingerprint density at radius 2 is 1.48 bits per heavy atom. The largest absolute Gasteiger partial charge is 0.481 e. The van der Waals surface area contributed by atoms with E-state index in [2.05, 4.69) is 5.32 Å². The summed E-state index contributed by atoms with van der Waals surface area (Å²) in [4.78, 5) is 23.2. The molecule has 0 spiro atoms. The zero-order valence-corrected chi connectivity index (χ0v) is 14.9. The minimum Gasteiger partial charge on any atom is -0.481 e. The molecule has 2 N–H and O–H groups in total. The molecule has 0 fully saturated rings. The average Bonchev–Trinajstić information content (AvgIpc) is 2.72. The van der Waals surface area contributed by atoms with Crippen LogP contribution in [0.1, 0.15) is 33.5 Å². The second-order valence-corrected chi connectivity index (χ2v) is 6.34. The van der Waals surface area contributed by atoms with Gasteiger partial charge in [0.1, 0.15) is 0 Å². The van der Waals surface area contributed by atoms with Crippen molar-refractivity contribution in [3.05, 3.63) is 101 Å². The Morgan fingerprint density at radius 3 is 2.19 bits per heavy atom. The van der Waals surface area contributed by atoms with Crippen LogP contribution in [0, 0.1) is 0 Å². The minimum absolute atomic E-state index is 0.0141. The van der Waals surface area contributed by atoms with Gasteiger partial charge in [-0.3, -0.25) is 9.59 Å². The number of hydrogen-bond acceptors (Lipinski definition) is 3. The molecule has 0 amide bonds. The van der Waals surface area contributed by atoms with Crippen LogP contribution >= 0.6 is 0 Å². The SMILES string of the molecule is O=C(O)CCc1ccc(NCc2cccc(C(=O)c3ccccc3)c2)cc1. The van der Waals surface area contributed by atoms with E-state index in [9.17, 15) is 9.59 Å². The number of nitrogens with one attached hydrogen (secondary N) is 1. The highest BCUT2D eigenvalue weighted by Gasteiger charge is 2.08. The standard InChI is InChI=1S/C23H21NO3/c25-22(26)14-11-17-9-12-21(13-10-17)24-16-18-5-4-8-20(15-18)23(27)19-6-2-1-3-7-19/h1-10,12-13,15,24H,11,14,16H2,(H,25,26). The first-order valence-corrected chi connectivity index (χ1v) is 8.85. The zero-order chi connectivity index (χ0) is 19.1. The van der Waals surface area contributed by atoms with Crippen molar-refractivity contribution in [1.82, 2.24) is 0 Å². The third-order valence-corrected chi connectivity index (χ3v) is 4.30. The number of carboxylic acid groups (broad SMARTS) is 1.